The highest BCUT2D eigenvalue weighted by molar-refractivity contribution is 7.89. The van der Waals surface area contributed by atoms with Gasteiger partial charge in [-0.05, 0) is 42.7 Å². The molecule has 1 amide bonds. The summed E-state index contributed by atoms with van der Waals surface area (Å²) in [5.74, 6) is -0.268. The molecule has 25 heavy (non-hydrogen) atoms. The normalized spacial score (nSPS) is 15.2. The van der Waals surface area contributed by atoms with Gasteiger partial charge in [0.1, 0.15) is 4.64 Å². The van der Waals surface area contributed by atoms with Crippen LogP contribution in [0.5, 0.6) is 0 Å². The molecule has 2 heterocycles. The Hall–Kier alpha value is -2.03. The maximum Gasteiger partial charge on any atom is 0.254 e. The number of H-pyrrole nitrogens is 1. The summed E-state index contributed by atoms with van der Waals surface area (Å²) in [6, 6.07) is 9.97. The zero-order valence-corrected chi connectivity index (χ0v) is 15.2. The number of aromatic nitrogens is 1. The molecule has 0 unspecified atom stereocenters. The SMILES string of the molecule is O=C(NCc1ccc(S(=O)(=O)N2CCCC2)cc1)c1ccc[nH]c1=S. The lowest BCUT2D eigenvalue weighted by Gasteiger charge is -2.15. The van der Waals surface area contributed by atoms with Crippen LogP contribution in [0.3, 0.4) is 0 Å². The van der Waals surface area contributed by atoms with E-state index in [0.717, 1.165) is 18.4 Å². The summed E-state index contributed by atoms with van der Waals surface area (Å²) in [4.78, 5) is 15.2. The number of hydrogen-bond acceptors (Lipinski definition) is 4. The molecule has 0 aliphatic carbocycles. The lowest BCUT2D eigenvalue weighted by Crippen LogP contribution is -2.28. The molecule has 0 radical (unpaired) electrons. The monoisotopic (exact) mass is 377 g/mol. The summed E-state index contributed by atoms with van der Waals surface area (Å²) in [6.45, 7) is 1.46. The third-order valence-corrected chi connectivity index (χ3v) is 6.39. The Labute approximate surface area is 151 Å². The van der Waals surface area contributed by atoms with Crippen molar-refractivity contribution in [3.8, 4) is 0 Å². The molecule has 1 aliphatic heterocycles. The van der Waals surface area contributed by atoms with Crippen molar-refractivity contribution in [3.63, 3.8) is 0 Å². The van der Waals surface area contributed by atoms with Crippen LogP contribution in [0, 0.1) is 4.64 Å². The fourth-order valence-electron chi connectivity index (χ4n) is 2.73. The van der Waals surface area contributed by atoms with E-state index in [4.69, 9.17) is 12.2 Å². The molecule has 6 nitrogen and oxygen atoms in total. The van der Waals surface area contributed by atoms with Gasteiger partial charge in [0.2, 0.25) is 10.0 Å². The number of carbonyl (C=O) groups excluding carboxylic acids is 1. The van der Waals surface area contributed by atoms with Crippen LogP contribution in [0.15, 0.2) is 47.5 Å². The first-order valence-corrected chi connectivity index (χ1v) is 9.88. The summed E-state index contributed by atoms with van der Waals surface area (Å²) in [6.07, 6.45) is 3.48. The number of sulfonamides is 1. The Kier molecular flexibility index (Phi) is 5.31. The number of nitrogens with zero attached hydrogens (tertiary/aromatic N) is 1. The van der Waals surface area contributed by atoms with Gasteiger partial charge < -0.3 is 10.3 Å². The van der Waals surface area contributed by atoms with Crippen LogP contribution in [-0.2, 0) is 16.6 Å². The first-order valence-electron chi connectivity index (χ1n) is 8.03. The number of rotatable bonds is 5. The zero-order valence-electron chi connectivity index (χ0n) is 13.6. The Balaban J connectivity index is 1.66. The third-order valence-electron chi connectivity index (χ3n) is 4.14. The maximum atomic E-state index is 12.5. The standard InChI is InChI=1S/C17H19N3O3S2/c21-16(15-4-3-9-18-17(15)24)19-12-13-5-7-14(8-6-13)25(22,23)20-10-1-2-11-20/h3-9H,1-2,10-12H2,(H,18,24)(H,19,21). The third kappa shape index (κ3) is 3.97. The smallest absolute Gasteiger partial charge is 0.254 e. The van der Waals surface area contributed by atoms with E-state index in [1.165, 1.54) is 4.31 Å². The van der Waals surface area contributed by atoms with Gasteiger partial charge in [-0.25, -0.2) is 8.42 Å². The van der Waals surface area contributed by atoms with Gasteiger partial charge in [0.05, 0.1) is 10.5 Å². The second-order valence-electron chi connectivity index (χ2n) is 5.85. The van der Waals surface area contributed by atoms with E-state index in [-0.39, 0.29) is 10.8 Å². The van der Waals surface area contributed by atoms with Gasteiger partial charge in [-0.3, -0.25) is 4.79 Å². The number of benzene rings is 1. The Morgan fingerprint density at radius 3 is 2.48 bits per heavy atom. The minimum atomic E-state index is -3.41. The van der Waals surface area contributed by atoms with Crippen molar-refractivity contribution in [2.45, 2.75) is 24.3 Å². The van der Waals surface area contributed by atoms with Crippen molar-refractivity contribution in [2.24, 2.45) is 0 Å². The molecule has 2 aromatic rings. The molecule has 8 heteroatoms. The highest BCUT2D eigenvalue weighted by Crippen LogP contribution is 2.21. The van der Waals surface area contributed by atoms with E-state index in [1.54, 1.807) is 42.6 Å². The molecule has 1 aromatic carbocycles. The lowest BCUT2D eigenvalue weighted by molar-refractivity contribution is 0.0950. The van der Waals surface area contributed by atoms with Crippen molar-refractivity contribution in [3.05, 3.63) is 58.4 Å². The number of hydrogen-bond donors (Lipinski definition) is 2. The number of aromatic amines is 1. The van der Waals surface area contributed by atoms with Gasteiger partial charge >= 0.3 is 0 Å². The van der Waals surface area contributed by atoms with Crippen molar-refractivity contribution < 1.29 is 13.2 Å². The van der Waals surface area contributed by atoms with Crippen LogP contribution in [0.4, 0.5) is 0 Å². The summed E-state index contributed by atoms with van der Waals surface area (Å²) in [7, 11) is -3.41. The second kappa shape index (κ2) is 7.47. The molecule has 1 saturated heterocycles. The fraction of sp³-hybridized carbons (Fsp3) is 0.294. The van der Waals surface area contributed by atoms with E-state index in [1.807, 2.05) is 0 Å². The number of pyridine rings is 1. The fourth-order valence-corrected chi connectivity index (χ4v) is 4.48. The topological polar surface area (TPSA) is 82.3 Å². The molecular formula is C17H19N3O3S2. The molecule has 0 spiro atoms. The number of nitrogens with one attached hydrogen (secondary N) is 2. The molecule has 3 rings (SSSR count). The predicted molar refractivity (Wildman–Crippen MR) is 97.2 cm³/mol. The van der Waals surface area contributed by atoms with Crippen molar-refractivity contribution >= 4 is 28.1 Å². The average molecular weight is 377 g/mol. The Morgan fingerprint density at radius 1 is 1.16 bits per heavy atom. The molecule has 1 aliphatic rings. The van der Waals surface area contributed by atoms with Crippen LogP contribution in [0.2, 0.25) is 0 Å². The van der Waals surface area contributed by atoms with Crippen molar-refractivity contribution in [1.29, 1.82) is 0 Å². The molecule has 132 valence electrons. The van der Waals surface area contributed by atoms with E-state index in [2.05, 4.69) is 10.3 Å². The molecule has 2 N–H and O–H groups in total. The first kappa shape index (κ1) is 17.8. The summed E-state index contributed by atoms with van der Waals surface area (Å²) >= 11 is 5.08. The first-order chi connectivity index (χ1) is 12.0. The van der Waals surface area contributed by atoms with Crippen LogP contribution in [0.25, 0.3) is 0 Å². The largest absolute Gasteiger partial charge is 0.352 e. The molecule has 0 bridgehead atoms. The Bertz CT molecular complexity index is 915. The van der Waals surface area contributed by atoms with Gasteiger partial charge in [0.25, 0.3) is 5.91 Å². The highest BCUT2D eigenvalue weighted by Gasteiger charge is 2.26. The minimum Gasteiger partial charge on any atom is -0.352 e. The van der Waals surface area contributed by atoms with Gasteiger partial charge in [-0.1, -0.05) is 24.4 Å². The lowest BCUT2D eigenvalue weighted by atomic mass is 10.2. The number of carbonyl (C=O) groups is 1. The maximum absolute atomic E-state index is 12.5. The zero-order chi connectivity index (χ0) is 17.9. The summed E-state index contributed by atoms with van der Waals surface area (Å²) in [5.41, 5.74) is 1.23. The van der Waals surface area contributed by atoms with Gasteiger partial charge in [0, 0.05) is 25.8 Å². The van der Waals surface area contributed by atoms with Crippen LogP contribution in [0.1, 0.15) is 28.8 Å². The van der Waals surface area contributed by atoms with Gasteiger partial charge in [-0.2, -0.15) is 4.31 Å². The molecular weight excluding hydrogens is 358 g/mol. The van der Waals surface area contributed by atoms with E-state index >= 15 is 0 Å². The quantitative estimate of drug-likeness (QED) is 0.784. The van der Waals surface area contributed by atoms with Gasteiger partial charge in [-0.15, -0.1) is 0 Å². The second-order valence-corrected chi connectivity index (χ2v) is 8.20. The average Bonchev–Trinajstić information content (AvgIpc) is 3.16. The Morgan fingerprint density at radius 2 is 1.84 bits per heavy atom. The minimum absolute atomic E-state index is 0.268. The molecule has 1 fully saturated rings. The van der Waals surface area contributed by atoms with Crippen LogP contribution >= 0.6 is 12.2 Å². The molecule has 1 aromatic heterocycles. The highest BCUT2D eigenvalue weighted by atomic mass is 32.2. The molecule has 0 saturated carbocycles. The van der Waals surface area contributed by atoms with Crippen LogP contribution < -0.4 is 5.32 Å². The van der Waals surface area contributed by atoms with Gasteiger partial charge in [0.15, 0.2) is 0 Å². The van der Waals surface area contributed by atoms with Crippen molar-refractivity contribution in [1.82, 2.24) is 14.6 Å². The predicted octanol–water partition coefficient (Wildman–Crippen LogP) is 2.46. The molecule has 0 atom stereocenters. The number of amides is 1. The summed E-state index contributed by atoms with van der Waals surface area (Å²) < 4.78 is 26.8. The van der Waals surface area contributed by atoms with Crippen LogP contribution in [-0.4, -0.2) is 36.7 Å². The van der Waals surface area contributed by atoms with E-state index in [0.29, 0.717) is 29.8 Å². The van der Waals surface area contributed by atoms with Crippen molar-refractivity contribution in [2.75, 3.05) is 13.1 Å². The van der Waals surface area contributed by atoms with E-state index < -0.39 is 10.0 Å². The van der Waals surface area contributed by atoms with E-state index in [9.17, 15) is 13.2 Å². The summed E-state index contributed by atoms with van der Waals surface area (Å²) in [5, 5.41) is 2.78.